The molecule has 0 unspecified atom stereocenters. The summed E-state index contributed by atoms with van der Waals surface area (Å²) in [5.74, 6) is -1.97. The molecule has 0 saturated carbocycles. The first-order chi connectivity index (χ1) is 8.41. The number of halogens is 4. The third-order valence-electron chi connectivity index (χ3n) is 2.15. The first-order valence-electron chi connectivity index (χ1n) is 4.72. The standard InChI is InChI=1S/C10H6ClF3N2O2/c11-10(13,14)9-15-8(16-18-9)5-1-2-6(4-17)7(12)3-5/h1-3,17H,4H2. The van der Waals surface area contributed by atoms with E-state index in [0.717, 1.165) is 6.07 Å². The van der Waals surface area contributed by atoms with Crippen molar-refractivity contribution in [3.63, 3.8) is 0 Å². The van der Waals surface area contributed by atoms with Gasteiger partial charge in [0.15, 0.2) is 0 Å². The van der Waals surface area contributed by atoms with Gasteiger partial charge in [-0.25, -0.2) is 4.39 Å². The fraction of sp³-hybridized carbons (Fsp3) is 0.200. The SMILES string of the molecule is OCc1ccc(-c2noc(C(F)(F)Cl)n2)cc1F. The number of alkyl halides is 3. The van der Waals surface area contributed by atoms with Gasteiger partial charge in [0.05, 0.1) is 6.61 Å². The van der Waals surface area contributed by atoms with Crippen LogP contribution < -0.4 is 0 Å². The summed E-state index contributed by atoms with van der Waals surface area (Å²) >= 11 is 4.70. The summed E-state index contributed by atoms with van der Waals surface area (Å²) < 4.78 is 42.9. The van der Waals surface area contributed by atoms with Gasteiger partial charge in [0, 0.05) is 11.1 Å². The second-order valence-corrected chi connectivity index (χ2v) is 3.86. The molecule has 2 aromatic rings. The van der Waals surface area contributed by atoms with Gasteiger partial charge in [0.2, 0.25) is 5.82 Å². The molecule has 0 saturated heterocycles. The third-order valence-corrected chi connectivity index (χ3v) is 2.31. The molecule has 1 aromatic heterocycles. The zero-order chi connectivity index (χ0) is 13.3. The molecular weight excluding hydrogens is 273 g/mol. The minimum absolute atomic E-state index is 0.0742. The monoisotopic (exact) mass is 278 g/mol. The predicted molar refractivity (Wildman–Crippen MR) is 55.4 cm³/mol. The summed E-state index contributed by atoms with van der Waals surface area (Å²) in [6.07, 6.45) is 0. The van der Waals surface area contributed by atoms with E-state index < -0.39 is 23.7 Å². The Kier molecular flexibility index (Phi) is 3.27. The lowest BCUT2D eigenvalue weighted by molar-refractivity contribution is 0.0551. The number of aromatic nitrogens is 2. The molecule has 0 aliphatic rings. The number of aliphatic hydroxyl groups is 1. The van der Waals surface area contributed by atoms with Crippen LogP contribution in [0.3, 0.4) is 0 Å². The Bertz CT molecular complexity index is 568. The summed E-state index contributed by atoms with van der Waals surface area (Å²) in [6.45, 7) is -0.469. The number of hydrogen-bond donors (Lipinski definition) is 1. The lowest BCUT2D eigenvalue weighted by Gasteiger charge is -2.00. The van der Waals surface area contributed by atoms with Crippen LogP contribution in [0.5, 0.6) is 0 Å². The highest BCUT2D eigenvalue weighted by Crippen LogP contribution is 2.32. The highest BCUT2D eigenvalue weighted by Gasteiger charge is 2.35. The molecule has 0 spiro atoms. The molecule has 0 amide bonds. The van der Waals surface area contributed by atoms with E-state index in [1.165, 1.54) is 12.1 Å². The molecular formula is C10H6ClF3N2O2. The van der Waals surface area contributed by atoms with Crippen LogP contribution in [-0.2, 0) is 12.0 Å². The van der Waals surface area contributed by atoms with Gasteiger partial charge in [-0.15, -0.1) is 0 Å². The maximum atomic E-state index is 13.4. The fourth-order valence-electron chi connectivity index (χ4n) is 1.27. The lowest BCUT2D eigenvalue weighted by Crippen LogP contribution is -2.03. The summed E-state index contributed by atoms with van der Waals surface area (Å²) in [5, 5.41) is 8.29. The van der Waals surface area contributed by atoms with Crippen LogP contribution >= 0.6 is 11.6 Å². The molecule has 8 heteroatoms. The second kappa shape index (κ2) is 4.58. The average molecular weight is 279 g/mol. The number of nitrogens with zero attached hydrogens (tertiary/aromatic N) is 2. The fourth-order valence-corrected chi connectivity index (χ4v) is 1.35. The van der Waals surface area contributed by atoms with Gasteiger partial charge in [-0.05, 0) is 17.7 Å². The topological polar surface area (TPSA) is 59.2 Å². The molecule has 4 nitrogen and oxygen atoms in total. The number of rotatable bonds is 3. The van der Waals surface area contributed by atoms with Crippen molar-refractivity contribution in [1.82, 2.24) is 10.1 Å². The van der Waals surface area contributed by atoms with Crippen molar-refractivity contribution in [3.05, 3.63) is 35.5 Å². The Labute approximate surface area is 104 Å². The van der Waals surface area contributed by atoms with Crippen molar-refractivity contribution in [3.8, 4) is 11.4 Å². The molecule has 0 bridgehead atoms. The van der Waals surface area contributed by atoms with Gasteiger partial charge >= 0.3 is 11.3 Å². The highest BCUT2D eigenvalue weighted by molar-refractivity contribution is 6.21. The van der Waals surface area contributed by atoms with E-state index in [0.29, 0.717) is 0 Å². The maximum absolute atomic E-state index is 13.4. The summed E-state index contributed by atoms with van der Waals surface area (Å²) in [5.41, 5.74) is 0.214. The normalized spacial score (nSPS) is 11.8. The van der Waals surface area contributed by atoms with E-state index in [1.807, 2.05) is 0 Å². The van der Waals surface area contributed by atoms with Crippen molar-refractivity contribution in [2.45, 2.75) is 12.0 Å². The Hall–Kier alpha value is -1.60. The molecule has 0 aliphatic heterocycles. The summed E-state index contributed by atoms with van der Waals surface area (Å²) in [4.78, 5) is 3.36. The first-order valence-corrected chi connectivity index (χ1v) is 5.10. The Balaban J connectivity index is 2.38. The van der Waals surface area contributed by atoms with Crippen molar-refractivity contribution in [1.29, 1.82) is 0 Å². The van der Waals surface area contributed by atoms with E-state index in [9.17, 15) is 13.2 Å². The van der Waals surface area contributed by atoms with Crippen molar-refractivity contribution in [2.24, 2.45) is 0 Å². The molecule has 1 N–H and O–H groups in total. The van der Waals surface area contributed by atoms with Crippen molar-refractivity contribution >= 4 is 11.6 Å². The van der Waals surface area contributed by atoms with E-state index in [-0.39, 0.29) is 17.0 Å². The van der Waals surface area contributed by atoms with Gasteiger partial charge in [-0.2, -0.15) is 13.8 Å². The molecule has 1 aromatic carbocycles. The van der Waals surface area contributed by atoms with Crippen LogP contribution in [0.25, 0.3) is 11.4 Å². The van der Waals surface area contributed by atoms with Gasteiger partial charge < -0.3 is 9.63 Å². The Morgan fingerprint density at radius 1 is 1.39 bits per heavy atom. The van der Waals surface area contributed by atoms with E-state index >= 15 is 0 Å². The molecule has 0 fully saturated rings. The molecule has 0 aliphatic carbocycles. The molecule has 0 atom stereocenters. The Morgan fingerprint density at radius 2 is 2.11 bits per heavy atom. The van der Waals surface area contributed by atoms with Crippen LogP contribution in [-0.4, -0.2) is 15.2 Å². The lowest BCUT2D eigenvalue weighted by atomic mass is 10.1. The van der Waals surface area contributed by atoms with Crippen LogP contribution in [0.2, 0.25) is 0 Å². The molecule has 0 radical (unpaired) electrons. The quantitative estimate of drug-likeness (QED) is 0.877. The van der Waals surface area contributed by atoms with Crippen LogP contribution in [0.15, 0.2) is 22.7 Å². The largest absolute Gasteiger partial charge is 0.400 e. The second-order valence-electron chi connectivity index (χ2n) is 3.39. The minimum Gasteiger partial charge on any atom is -0.392 e. The first kappa shape index (κ1) is 12.8. The molecule has 96 valence electrons. The van der Waals surface area contributed by atoms with Crippen LogP contribution in [0, 0.1) is 5.82 Å². The number of hydrogen-bond acceptors (Lipinski definition) is 4. The van der Waals surface area contributed by atoms with E-state index in [2.05, 4.69) is 14.7 Å². The molecule has 18 heavy (non-hydrogen) atoms. The predicted octanol–water partition coefficient (Wildman–Crippen LogP) is 2.66. The zero-order valence-electron chi connectivity index (χ0n) is 8.70. The number of benzene rings is 1. The molecule has 2 rings (SSSR count). The third kappa shape index (κ3) is 2.46. The van der Waals surface area contributed by atoms with E-state index in [1.54, 1.807) is 0 Å². The van der Waals surface area contributed by atoms with Crippen LogP contribution in [0.1, 0.15) is 11.5 Å². The highest BCUT2D eigenvalue weighted by atomic mass is 35.5. The molecule has 1 heterocycles. The average Bonchev–Trinajstić information content (AvgIpc) is 2.77. The minimum atomic E-state index is -3.77. The van der Waals surface area contributed by atoms with Crippen molar-refractivity contribution in [2.75, 3.05) is 0 Å². The van der Waals surface area contributed by atoms with Crippen LogP contribution in [0.4, 0.5) is 13.2 Å². The zero-order valence-corrected chi connectivity index (χ0v) is 9.46. The van der Waals surface area contributed by atoms with Gasteiger partial charge in [-0.3, -0.25) is 0 Å². The number of aliphatic hydroxyl groups excluding tert-OH is 1. The summed E-state index contributed by atoms with van der Waals surface area (Å²) in [6, 6.07) is 3.67. The van der Waals surface area contributed by atoms with Crippen molar-refractivity contribution < 1.29 is 22.8 Å². The van der Waals surface area contributed by atoms with Gasteiger partial charge in [-0.1, -0.05) is 17.3 Å². The van der Waals surface area contributed by atoms with Gasteiger partial charge in [0.1, 0.15) is 5.82 Å². The van der Waals surface area contributed by atoms with E-state index in [4.69, 9.17) is 16.7 Å². The maximum Gasteiger partial charge on any atom is 0.400 e. The summed E-state index contributed by atoms with van der Waals surface area (Å²) in [7, 11) is 0. The van der Waals surface area contributed by atoms with Gasteiger partial charge in [0.25, 0.3) is 0 Å². The smallest absolute Gasteiger partial charge is 0.392 e. The Morgan fingerprint density at radius 3 is 2.61 bits per heavy atom.